The van der Waals surface area contributed by atoms with Gasteiger partial charge < -0.3 is 29.3 Å². The number of hydrogen-bond acceptors (Lipinski definition) is 6. The summed E-state index contributed by atoms with van der Waals surface area (Å²) in [5, 5.41) is 3.46. The maximum absolute atomic E-state index is 5.99. The normalized spacial score (nSPS) is 18.7. The molecule has 3 rings (SSSR count). The van der Waals surface area contributed by atoms with E-state index < -0.39 is 0 Å². The molecular formula is C22H37N5O3. The van der Waals surface area contributed by atoms with Crippen LogP contribution in [0.15, 0.2) is 23.3 Å². The SMILES string of the molecule is CCNC(=NCc1cccnc1N1CCOCC1)N1CCC(OCCCOC)CC1. The molecule has 0 radical (unpaired) electrons. The molecule has 3 heterocycles. The molecule has 0 aromatic carbocycles. The fourth-order valence-electron chi connectivity index (χ4n) is 3.89. The molecule has 1 aromatic rings. The lowest BCUT2D eigenvalue weighted by Gasteiger charge is -2.34. The van der Waals surface area contributed by atoms with Crippen molar-refractivity contribution >= 4 is 11.8 Å². The van der Waals surface area contributed by atoms with Crippen LogP contribution < -0.4 is 10.2 Å². The minimum absolute atomic E-state index is 0.340. The van der Waals surface area contributed by atoms with Crippen LogP contribution in [0.2, 0.25) is 0 Å². The average molecular weight is 420 g/mol. The largest absolute Gasteiger partial charge is 0.385 e. The number of pyridine rings is 1. The standard InChI is InChI=1S/C22H37N5O3/c1-3-23-22(27-10-7-20(8-11-27)30-15-5-14-28-2)25-18-19-6-4-9-24-21(19)26-12-16-29-17-13-26/h4,6,9,20H,3,5,7-8,10-18H2,1-2H3,(H,23,25). The lowest BCUT2D eigenvalue weighted by atomic mass is 10.1. The molecule has 0 amide bonds. The summed E-state index contributed by atoms with van der Waals surface area (Å²) in [5.74, 6) is 2.01. The number of ether oxygens (including phenoxy) is 3. The number of methoxy groups -OCH3 is 1. The number of guanidine groups is 1. The Labute approximate surface area is 180 Å². The molecule has 0 atom stereocenters. The van der Waals surface area contributed by atoms with Crippen molar-refractivity contribution in [3.63, 3.8) is 0 Å². The topological polar surface area (TPSA) is 71.5 Å². The first-order valence-electron chi connectivity index (χ1n) is 11.2. The van der Waals surface area contributed by atoms with Gasteiger partial charge in [0.15, 0.2) is 5.96 Å². The fraction of sp³-hybridized carbons (Fsp3) is 0.727. The van der Waals surface area contributed by atoms with E-state index in [0.717, 1.165) is 95.8 Å². The summed E-state index contributed by atoms with van der Waals surface area (Å²) in [6.45, 7) is 10.3. The third-order valence-electron chi connectivity index (χ3n) is 5.50. The Morgan fingerprint density at radius 1 is 1.23 bits per heavy atom. The Bertz CT molecular complexity index is 643. The van der Waals surface area contributed by atoms with E-state index >= 15 is 0 Å². The van der Waals surface area contributed by atoms with E-state index in [1.807, 2.05) is 12.3 Å². The zero-order valence-corrected chi connectivity index (χ0v) is 18.5. The zero-order chi connectivity index (χ0) is 21.0. The van der Waals surface area contributed by atoms with Crippen LogP contribution in [0.5, 0.6) is 0 Å². The van der Waals surface area contributed by atoms with Crippen LogP contribution in [0.3, 0.4) is 0 Å². The Kier molecular flexibility index (Phi) is 9.66. The zero-order valence-electron chi connectivity index (χ0n) is 18.5. The van der Waals surface area contributed by atoms with Crippen LogP contribution in [0.25, 0.3) is 0 Å². The Morgan fingerprint density at radius 2 is 2.03 bits per heavy atom. The van der Waals surface area contributed by atoms with Gasteiger partial charge in [-0.05, 0) is 32.3 Å². The van der Waals surface area contributed by atoms with E-state index in [1.54, 1.807) is 7.11 Å². The molecule has 1 N–H and O–H groups in total. The minimum Gasteiger partial charge on any atom is -0.385 e. The number of anilines is 1. The highest BCUT2D eigenvalue weighted by molar-refractivity contribution is 5.80. The summed E-state index contributed by atoms with van der Waals surface area (Å²) in [6, 6.07) is 4.12. The fourth-order valence-corrected chi connectivity index (χ4v) is 3.89. The van der Waals surface area contributed by atoms with Crippen molar-refractivity contribution in [3.05, 3.63) is 23.9 Å². The third kappa shape index (κ3) is 6.82. The van der Waals surface area contributed by atoms with Crippen molar-refractivity contribution in [2.75, 3.05) is 71.2 Å². The van der Waals surface area contributed by atoms with Crippen molar-refractivity contribution in [2.45, 2.75) is 38.8 Å². The molecule has 2 aliphatic rings. The summed E-state index contributed by atoms with van der Waals surface area (Å²) in [7, 11) is 1.73. The molecule has 30 heavy (non-hydrogen) atoms. The second-order valence-electron chi connectivity index (χ2n) is 7.66. The van der Waals surface area contributed by atoms with Gasteiger partial charge in [-0.3, -0.25) is 0 Å². The van der Waals surface area contributed by atoms with Gasteiger partial charge in [0, 0.05) is 64.8 Å². The maximum Gasteiger partial charge on any atom is 0.194 e. The van der Waals surface area contributed by atoms with E-state index in [2.05, 4.69) is 33.1 Å². The number of likely N-dealkylation sites (tertiary alicyclic amines) is 1. The van der Waals surface area contributed by atoms with Gasteiger partial charge in [0.1, 0.15) is 5.82 Å². The molecule has 0 saturated carbocycles. The van der Waals surface area contributed by atoms with Crippen molar-refractivity contribution in [2.24, 2.45) is 4.99 Å². The number of piperidine rings is 1. The smallest absolute Gasteiger partial charge is 0.194 e. The molecule has 0 unspecified atom stereocenters. The molecule has 0 spiro atoms. The Morgan fingerprint density at radius 3 is 2.77 bits per heavy atom. The second kappa shape index (κ2) is 12.7. The van der Waals surface area contributed by atoms with Crippen molar-refractivity contribution in [1.82, 2.24) is 15.2 Å². The first-order chi connectivity index (χ1) is 14.8. The van der Waals surface area contributed by atoms with Crippen molar-refractivity contribution in [3.8, 4) is 0 Å². The van der Waals surface area contributed by atoms with Crippen molar-refractivity contribution in [1.29, 1.82) is 0 Å². The van der Waals surface area contributed by atoms with Crippen LogP contribution in [0, 0.1) is 0 Å². The number of morpholine rings is 1. The van der Waals surface area contributed by atoms with E-state index in [1.165, 1.54) is 0 Å². The maximum atomic E-state index is 5.99. The van der Waals surface area contributed by atoms with Crippen LogP contribution in [0.1, 0.15) is 31.7 Å². The highest BCUT2D eigenvalue weighted by atomic mass is 16.5. The van der Waals surface area contributed by atoms with E-state index in [-0.39, 0.29) is 0 Å². The number of nitrogens with zero attached hydrogens (tertiary/aromatic N) is 4. The molecule has 2 fully saturated rings. The Balaban J connectivity index is 1.57. The number of hydrogen-bond donors (Lipinski definition) is 1. The van der Waals surface area contributed by atoms with Gasteiger partial charge in [-0.15, -0.1) is 0 Å². The summed E-state index contributed by atoms with van der Waals surface area (Å²) in [6.07, 6.45) is 5.22. The number of nitrogens with one attached hydrogen (secondary N) is 1. The second-order valence-corrected chi connectivity index (χ2v) is 7.66. The summed E-state index contributed by atoms with van der Waals surface area (Å²) < 4.78 is 16.6. The van der Waals surface area contributed by atoms with Gasteiger partial charge in [0.2, 0.25) is 0 Å². The van der Waals surface area contributed by atoms with Gasteiger partial charge in [-0.1, -0.05) is 6.07 Å². The predicted octanol–water partition coefficient (Wildman–Crippen LogP) is 1.90. The number of aliphatic imine (C=N–C) groups is 1. The lowest BCUT2D eigenvalue weighted by Crippen LogP contribution is -2.47. The number of aromatic nitrogens is 1. The van der Waals surface area contributed by atoms with Gasteiger partial charge in [0.25, 0.3) is 0 Å². The predicted molar refractivity (Wildman–Crippen MR) is 119 cm³/mol. The molecule has 168 valence electrons. The third-order valence-corrected chi connectivity index (χ3v) is 5.50. The molecule has 8 nitrogen and oxygen atoms in total. The van der Waals surface area contributed by atoms with Crippen LogP contribution in [-0.2, 0) is 20.8 Å². The average Bonchev–Trinajstić information content (AvgIpc) is 2.81. The number of rotatable bonds is 9. The first-order valence-corrected chi connectivity index (χ1v) is 11.2. The Hall–Kier alpha value is -1.90. The molecule has 2 aliphatic heterocycles. The molecule has 0 aliphatic carbocycles. The van der Waals surface area contributed by atoms with Crippen LogP contribution >= 0.6 is 0 Å². The molecule has 8 heteroatoms. The van der Waals surface area contributed by atoms with Crippen molar-refractivity contribution < 1.29 is 14.2 Å². The van der Waals surface area contributed by atoms with Gasteiger partial charge in [-0.25, -0.2) is 9.98 Å². The van der Waals surface area contributed by atoms with E-state index in [9.17, 15) is 0 Å². The minimum atomic E-state index is 0.340. The highest BCUT2D eigenvalue weighted by Gasteiger charge is 2.22. The quantitative estimate of drug-likeness (QED) is 0.372. The molecular weight excluding hydrogens is 382 g/mol. The molecule has 2 saturated heterocycles. The summed E-state index contributed by atoms with van der Waals surface area (Å²) in [5.41, 5.74) is 1.16. The van der Waals surface area contributed by atoms with Crippen LogP contribution in [-0.4, -0.2) is 88.2 Å². The van der Waals surface area contributed by atoms with Crippen LogP contribution in [0.4, 0.5) is 5.82 Å². The highest BCUT2D eigenvalue weighted by Crippen LogP contribution is 2.20. The summed E-state index contributed by atoms with van der Waals surface area (Å²) in [4.78, 5) is 14.2. The van der Waals surface area contributed by atoms with Gasteiger partial charge in [-0.2, -0.15) is 0 Å². The molecule has 1 aromatic heterocycles. The monoisotopic (exact) mass is 419 g/mol. The van der Waals surface area contributed by atoms with Gasteiger partial charge >= 0.3 is 0 Å². The van der Waals surface area contributed by atoms with Gasteiger partial charge in [0.05, 0.1) is 25.9 Å². The summed E-state index contributed by atoms with van der Waals surface area (Å²) >= 11 is 0. The first kappa shape index (κ1) is 22.8. The lowest BCUT2D eigenvalue weighted by molar-refractivity contribution is 0.00990. The van der Waals surface area contributed by atoms with E-state index in [0.29, 0.717) is 12.6 Å². The van der Waals surface area contributed by atoms with E-state index in [4.69, 9.17) is 19.2 Å². The molecule has 0 bridgehead atoms.